The van der Waals surface area contributed by atoms with Gasteiger partial charge in [0.1, 0.15) is 13.2 Å². The lowest BCUT2D eigenvalue weighted by Gasteiger charge is -2.21. The van der Waals surface area contributed by atoms with E-state index in [9.17, 15) is 22.8 Å². The Morgan fingerprint density at radius 3 is 2.29 bits per heavy atom. The predicted octanol–water partition coefficient (Wildman–Crippen LogP) is 2.45. The zero-order chi connectivity index (χ0) is 16.0. The summed E-state index contributed by atoms with van der Waals surface area (Å²) in [4.78, 5) is 21.4. The maximum atomic E-state index is 13.0. The van der Waals surface area contributed by atoms with E-state index in [4.69, 9.17) is 10.5 Å². The number of nitrogens with two attached hydrogens (primary N) is 1. The van der Waals surface area contributed by atoms with Crippen LogP contribution in [0, 0.1) is 0 Å². The number of halogens is 3. The molecule has 0 aliphatic rings. The summed E-state index contributed by atoms with van der Waals surface area (Å²) in [6.45, 7) is 0.354. The first-order valence-electron chi connectivity index (χ1n) is 5.93. The first-order chi connectivity index (χ1) is 9.71. The summed E-state index contributed by atoms with van der Waals surface area (Å²) in [7, 11) is 0. The summed E-state index contributed by atoms with van der Waals surface area (Å²) < 4.78 is 48.2. The predicted molar refractivity (Wildman–Crippen MR) is 66.4 cm³/mol. The number of hydrogen-bond donors (Lipinski definition) is 1. The standard InChI is InChI=1S/C13H14F3NO4/c1-8(18)20-6-9(7-21-12(17)19)10-4-2-3-5-11(10)13(14,15)16/h2-5,9H,6-7H2,1H3,(H2,17,19). The van der Waals surface area contributed by atoms with E-state index >= 15 is 0 Å². The van der Waals surface area contributed by atoms with E-state index in [0.717, 1.165) is 13.0 Å². The van der Waals surface area contributed by atoms with E-state index in [-0.39, 0.29) is 12.2 Å². The van der Waals surface area contributed by atoms with Crippen LogP contribution in [0.2, 0.25) is 0 Å². The number of amides is 1. The first-order valence-corrected chi connectivity index (χ1v) is 5.93. The highest BCUT2D eigenvalue weighted by atomic mass is 19.4. The Morgan fingerprint density at radius 1 is 1.19 bits per heavy atom. The van der Waals surface area contributed by atoms with Crippen LogP contribution in [-0.4, -0.2) is 25.3 Å². The molecule has 1 unspecified atom stereocenters. The summed E-state index contributed by atoms with van der Waals surface area (Å²) in [6, 6.07) is 4.79. The number of esters is 1. The third kappa shape index (κ3) is 5.33. The molecule has 1 aromatic rings. The highest BCUT2D eigenvalue weighted by Crippen LogP contribution is 2.35. The van der Waals surface area contributed by atoms with Gasteiger partial charge in [-0.2, -0.15) is 13.2 Å². The summed E-state index contributed by atoms with van der Waals surface area (Å²) >= 11 is 0. The lowest BCUT2D eigenvalue weighted by Crippen LogP contribution is -2.23. The van der Waals surface area contributed by atoms with Crippen LogP contribution in [0.1, 0.15) is 24.0 Å². The van der Waals surface area contributed by atoms with Crippen LogP contribution in [-0.2, 0) is 20.4 Å². The van der Waals surface area contributed by atoms with Crippen LogP contribution < -0.4 is 5.73 Å². The molecule has 8 heteroatoms. The Labute approximate surface area is 118 Å². The van der Waals surface area contributed by atoms with E-state index in [2.05, 4.69) is 4.74 Å². The van der Waals surface area contributed by atoms with Crippen molar-refractivity contribution in [2.45, 2.75) is 19.0 Å². The van der Waals surface area contributed by atoms with Crippen molar-refractivity contribution in [2.75, 3.05) is 13.2 Å². The zero-order valence-corrected chi connectivity index (χ0v) is 11.1. The van der Waals surface area contributed by atoms with Gasteiger partial charge in [-0.3, -0.25) is 4.79 Å². The Bertz CT molecular complexity index is 498. The van der Waals surface area contributed by atoms with Crippen molar-refractivity contribution in [2.24, 2.45) is 5.73 Å². The van der Waals surface area contributed by atoms with Gasteiger partial charge in [0, 0.05) is 6.92 Å². The molecule has 5 nitrogen and oxygen atoms in total. The molecule has 116 valence electrons. The third-order valence-electron chi connectivity index (χ3n) is 2.62. The van der Waals surface area contributed by atoms with Crippen LogP contribution in [0.3, 0.4) is 0 Å². The summed E-state index contributed by atoms with van der Waals surface area (Å²) in [5, 5.41) is 0. The minimum atomic E-state index is -4.57. The van der Waals surface area contributed by atoms with Gasteiger partial charge in [0.2, 0.25) is 0 Å². The van der Waals surface area contributed by atoms with Gasteiger partial charge in [0.25, 0.3) is 0 Å². The van der Waals surface area contributed by atoms with E-state index in [1.165, 1.54) is 18.2 Å². The maximum Gasteiger partial charge on any atom is 0.416 e. The maximum absolute atomic E-state index is 13.0. The van der Waals surface area contributed by atoms with E-state index in [0.29, 0.717) is 0 Å². The minimum Gasteiger partial charge on any atom is -0.465 e. The number of carbonyl (C=O) groups excluding carboxylic acids is 2. The Balaban J connectivity index is 3.06. The Kier molecular flexibility index (Phi) is 5.57. The molecule has 1 rings (SSSR count). The van der Waals surface area contributed by atoms with Crippen molar-refractivity contribution in [1.82, 2.24) is 0 Å². The molecule has 0 radical (unpaired) electrons. The van der Waals surface area contributed by atoms with Gasteiger partial charge < -0.3 is 15.2 Å². The van der Waals surface area contributed by atoms with Gasteiger partial charge in [-0.25, -0.2) is 4.79 Å². The quantitative estimate of drug-likeness (QED) is 0.847. The molecule has 0 aromatic heterocycles. The summed E-state index contributed by atoms with van der Waals surface area (Å²) in [5.74, 6) is -1.61. The van der Waals surface area contributed by atoms with Crippen LogP contribution in [0.5, 0.6) is 0 Å². The summed E-state index contributed by atoms with van der Waals surface area (Å²) in [5.41, 5.74) is 3.80. The fraction of sp³-hybridized carbons (Fsp3) is 0.385. The molecule has 0 aliphatic carbocycles. The van der Waals surface area contributed by atoms with Crippen LogP contribution in [0.4, 0.5) is 18.0 Å². The molecule has 0 saturated carbocycles. The minimum absolute atomic E-state index is 0.132. The number of primary amides is 1. The Hall–Kier alpha value is -2.25. The average Bonchev–Trinajstić information content (AvgIpc) is 2.37. The van der Waals surface area contributed by atoms with Crippen molar-refractivity contribution < 1.29 is 32.2 Å². The number of hydrogen-bond acceptors (Lipinski definition) is 4. The molecule has 0 fully saturated rings. The zero-order valence-electron chi connectivity index (χ0n) is 11.1. The second-order valence-electron chi connectivity index (χ2n) is 4.21. The Morgan fingerprint density at radius 2 is 1.76 bits per heavy atom. The average molecular weight is 305 g/mol. The van der Waals surface area contributed by atoms with Gasteiger partial charge in [0.15, 0.2) is 0 Å². The molecule has 21 heavy (non-hydrogen) atoms. The van der Waals surface area contributed by atoms with Crippen LogP contribution >= 0.6 is 0 Å². The molecular formula is C13H14F3NO4. The van der Waals surface area contributed by atoms with Gasteiger partial charge in [-0.15, -0.1) is 0 Å². The van der Waals surface area contributed by atoms with Crippen molar-refractivity contribution in [1.29, 1.82) is 0 Å². The number of alkyl halides is 3. The molecule has 0 heterocycles. The highest BCUT2D eigenvalue weighted by molar-refractivity contribution is 5.66. The summed E-state index contributed by atoms with van der Waals surface area (Å²) in [6.07, 6.45) is -5.69. The fourth-order valence-corrected chi connectivity index (χ4v) is 1.74. The van der Waals surface area contributed by atoms with Gasteiger partial charge in [0.05, 0.1) is 11.5 Å². The van der Waals surface area contributed by atoms with Crippen LogP contribution in [0.15, 0.2) is 24.3 Å². The van der Waals surface area contributed by atoms with Crippen molar-refractivity contribution >= 4 is 12.1 Å². The van der Waals surface area contributed by atoms with E-state index in [1.54, 1.807) is 0 Å². The smallest absolute Gasteiger partial charge is 0.416 e. The fourth-order valence-electron chi connectivity index (χ4n) is 1.74. The second-order valence-corrected chi connectivity index (χ2v) is 4.21. The molecule has 2 N–H and O–H groups in total. The number of ether oxygens (including phenoxy) is 2. The molecular weight excluding hydrogens is 291 g/mol. The molecule has 0 saturated heterocycles. The molecule has 1 amide bonds. The van der Waals surface area contributed by atoms with Gasteiger partial charge in [-0.05, 0) is 11.6 Å². The molecule has 1 aromatic carbocycles. The van der Waals surface area contributed by atoms with Crippen molar-refractivity contribution in [3.8, 4) is 0 Å². The topological polar surface area (TPSA) is 78.6 Å². The monoisotopic (exact) mass is 305 g/mol. The van der Waals surface area contributed by atoms with Crippen LogP contribution in [0.25, 0.3) is 0 Å². The lowest BCUT2D eigenvalue weighted by atomic mass is 9.95. The normalized spacial score (nSPS) is 12.6. The van der Waals surface area contributed by atoms with E-state index < -0.39 is 36.3 Å². The van der Waals surface area contributed by atoms with Gasteiger partial charge >= 0.3 is 18.2 Å². The number of rotatable bonds is 5. The van der Waals surface area contributed by atoms with Crippen molar-refractivity contribution in [3.63, 3.8) is 0 Å². The number of carbonyl (C=O) groups is 2. The third-order valence-corrected chi connectivity index (χ3v) is 2.62. The molecule has 1 atom stereocenters. The largest absolute Gasteiger partial charge is 0.465 e. The first kappa shape index (κ1) is 16.8. The molecule has 0 spiro atoms. The SMILES string of the molecule is CC(=O)OCC(COC(N)=O)c1ccccc1C(F)(F)F. The highest BCUT2D eigenvalue weighted by Gasteiger charge is 2.35. The van der Waals surface area contributed by atoms with Crippen molar-refractivity contribution in [3.05, 3.63) is 35.4 Å². The second kappa shape index (κ2) is 6.96. The lowest BCUT2D eigenvalue weighted by molar-refractivity contribution is -0.142. The van der Waals surface area contributed by atoms with Gasteiger partial charge in [-0.1, -0.05) is 18.2 Å². The molecule has 0 bridgehead atoms. The number of benzene rings is 1. The van der Waals surface area contributed by atoms with E-state index in [1.807, 2.05) is 0 Å². The molecule has 0 aliphatic heterocycles.